The summed E-state index contributed by atoms with van der Waals surface area (Å²) in [5.74, 6) is -0.677. The minimum Gasteiger partial charge on any atom is -0.510 e. The average molecular weight is 488 g/mol. The number of anilines is 2. The van der Waals surface area contributed by atoms with Crippen molar-refractivity contribution in [2.24, 2.45) is 5.92 Å². The second-order valence-corrected chi connectivity index (χ2v) is 9.51. The number of carbonyl (C=O) groups excluding carboxylic acids is 1. The number of cyclic esters (lactones) is 1. The van der Waals surface area contributed by atoms with E-state index >= 15 is 0 Å². The Bertz CT molecular complexity index is 1240. The van der Waals surface area contributed by atoms with Gasteiger partial charge in [0.05, 0.1) is 13.2 Å². The highest BCUT2D eigenvalue weighted by Gasteiger charge is 2.46. The van der Waals surface area contributed by atoms with Crippen LogP contribution in [0.15, 0.2) is 90.3 Å². The van der Waals surface area contributed by atoms with Gasteiger partial charge >= 0.3 is 5.97 Å². The van der Waals surface area contributed by atoms with Crippen LogP contribution in [0.4, 0.5) is 11.4 Å². The highest BCUT2D eigenvalue weighted by Crippen LogP contribution is 2.42. The Morgan fingerprint density at radius 1 is 0.889 bits per heavy atom. The van der Waals surface area contributed by atoms with Crippen LogP contribution in [0.2, 0.25) is 0 Å². The lowest BCUT2D eigenvalue weighted by molar-refractivity contribution is -0.165. The summed E-state index contributed by atoms with van der Waals surface area (Å²) in [6, 6.07) is 24.2. The lowest BCUT2D eigenvalue weighted by Gasteiger charge is -2.42. The molecular weight excluding hydrogens is 454 g/mol. The zero-order valence-electron chi connectivity index (χ0n) is 20.7. The molecule has 0 radical (unpaired) electrons. The van der Waals surface area contributed by atoms with E-state index in [1.54, 1.807) is 23.1 Å². The molecule has 0 aromatic heterocycles. The van der Waals surface area contributed by atoms with Crippen LogP contribution in [0.3, 0.4) is 0 Å². The maximum atomic E-state index is 13.6. The van der Waals surface area contributed by atoms with Crippen molar-refractivity contribution in [3.05, 3.63) is 107 Å². The van der Waals surface area contributed by atoms with Crippen molar-refractivity contribution >= 4 is 17.3 Å². The number of aryl methyl sites for hydroxylation is 1. The first-order valence-corrected chi connectivity index (χ1v) is 12.3. The zero-order valence-corrected chi connectivity index (χ0v) is 20.7. The molecule has 1 atom stereocenters. The van der Waals surface area contributed by atoms with Gasteiger partial charge in [-0.1, -0.05) is 68.4 Å². The number of hydrogen-bond acceptors (Lipinski definition) is 6. The fourth-order valence-corrected chi connectivity index (χ4v) is 4.80. The number of esters is 1. The minimum absolute atomic E-state index is 0.0337. The van der Waals surface area contributed by atoms with Gasteiger partial charge in [-0.15, -0.1) is 0 Å². The minimum atomic E-state index is -0.886. The number of hydrogen-bond donors (Lipinski definition) is 3. The van der Waals surface area contributed by atoms with Gasteiger partial charge in [0.15, 0.2) is 5.70 Å². The highest BCUT2D eigenvalue weighted by molar-refractivity contribution is 5.97. The predicted octanol–water partition coefficient (Wildman–Crippen LogP) is 5.55. The second-order valence-electron chi connectivity index (χ2n) is 9.51. The molecule has 1 aliphatic heterocycles. The van der Waals surface area contributed by atoms with Crippen LogP contribution in [0, 0.1) is 5.92 Å². The van der Waals surface area contributed by atoms with E-state index in [1.165, 1.54) is 0 Å². The van der Waals surface area contributed by atoms with Gasteiger partial charge in [0, 0.05) is 17.8 Å². The first-order valence-electron chi connectivity index (χ1n) is 12.3. The number of rotatable bonds is 9. The van der Waals surface area contributed by atoms with Crippen molar-refractivity contribution < 1.29 is 24.9 Å². The summed E-state index contributed by atoms with van der Waals surface area (Å²) in [5.41, 5.74) is 3.05. The van der Waals surface area contributed by atoms with Crippen molar-refractivity contribution in [1.82, 2.24) is 0 Å². The largest absolute Gasteiger partial charge is 0.510 e. The molecule has 4 rings (SSSR count). The topological polar surface area (TPSA) is 90.2 Å². The molecule has 0 fully saturated rings. The quantitative estimate of drug-likeness (QED) is 0.343. The second kappa shape index (κ2) is 11.0. The maximum absolute atomic E-state index is 13.6. The molecule has 0 spiro atoms. The number of aliphatic hydroxyl groups is 3. The van der Waals surface area contributed by atoms with Gasteiger partial charge in [0.25, 0.3) is 0 Å². The molecule has 0 bridgehead atoms. The van der Waals surface area contributed by atoms with E-state index in [0.717, 1.165) is 11.1 Å². The Morgan fingerprint density at radius 3 is 2.19 bits per heavy atom. The third kappa shape index (κ3) is 5.15. The summed E-state index contributed by atoms with van der Waals surface area (Å²) in [6.07, 6.45) is 1.29. The molecule has 3 aromatic rings. The third-order valence-electron chi connectivity index (χ3n) is 6.98. The summed E-state index contributed by atoms with van der Waals surface area (Å²) in [7, 11) is 0. The SMILES string of the molecule is CC(C)C1(CCc2ccccc2CO)CC(O)=C(N(c2ccccc2)c2cccc(CO)c2)C(=O)O1. The van der Waals surface area contributed by atoms with E-state index in [-0.39, 0.29) is 37.0 Å². The van der Waals surface area contributed by atoms with Crippen LogP contribution in [0.1, 0.15) is 43.4 Å². The van der Waals surface area contributed by atoms with Crippen molar-refractivity contribution in [2.75, 3.05) is 4.90 Å². The number of carbonyl (C=O) groups is 1. The van der Waals surface area contributed by atoms with Crippen LogP contribution in [-0.2, 0) is 29.2 Å². The highest BCUT2D eigenvalue weighted by atomic mass is 16.6. The van der Waals surface area contributed by atoms with Crippen molar-refractivity contribution in [2.45, 2.75) is 51.9 Å². The molecule has 1 unspecified atom stereocenters. The molecule has 36 heavy (non-hydrogen) atoms. The Hall–Kier alpha value is -3.61. The van der Waals surface area contributed by atoms with Crippen LogP contribution in [0.5, 0.6) is 0 Å². The number of ether oxygens (including phenoxy) is 1. The van der Waals surface area contributed by atoms with Gasteiger partial charge in [-0.05, 0) is 59.7 Å². The lowest BCUT2D eigenvalue weighted by Crippen LogP contribution is -2.47. The van der Waals surface area contributed by atoms with Crippen LogP contribution < -0.4 is 4.90 Å². The van der Waals surface area contributed by atoms with E-state index in [0.29, 0.717) is 29.8 Å². The molecule has 6 heteroatoms. The third-order valence-corrected chi connectivity index (χ3v) is 6.98. The first-order chi connectivity index (χ1) is 17.4. The van der Waals surface area contributed by atoms with Gasteiger partial charge in [-0.2, -0.15) is 0 Å². The molecule has 3 aromatic carbocycles. The molecule has 0 amide bonds. The van der Waals surface area contributed by atoms with E-state index < -0.39 is 11.6 Å². The summed E-state index contributed by atoms with van der Waals surface area (Å²) >= 11 is 0. The summed E-state index contributed by atoms with van der Waals surface area (Å²) in [5, 5.41) is 30.8. The first kappa shape index (κ1) is 25.5. The Balaban J connectivity index is 1.73. The van der Waals surface area contributed by atoms with Crippen LogP contribution >= 0.6 is 0 Å². The fraction of sp³-hybridized carbons (Fsp3) is 0.300. The lowest BCUT2D eigenvalue weighted by atomic mass is 9.79. The van der Waals surface area contributed by atoms with Crippen LogP contribution in [0.25, 0.3) is 0 Å². The Kier molecular flexibility index (Phi) is 7.77. The smallest absolute Gasteiger partial charge is 0.359 e. The summed E-state index contributed by atoms with van der Waals surface area (Å²) in [4.78, 5) is 15.3. The molecule has 1 heterocycles. The number of aliphatic hydroxyl groups excluding tert-OH is 3. The van der Waals surface area contributed by atoms with Crippen molar-refractivity contribution in [3.63, 3.8) is 0 Å². The van der Waals surface area contributed by atoms with Gasteiger partial charge in [0.2, 0.25) is 0 Å². The van der Waals surface area contributed by atoms with Gasteiger partial charge in [0.1, 0.15) is 11.4 Å². The van der Waals surface area contributed by atoms with Gasteiger partial charge in [-0.3, -0.25) is 0 Å². The monoisotopic (exact) mass is 487 g/mol. The average Bonchev–Trinajstić information content (AvgIpc) is 2.90. The van der Waals surface area contributed by atoms with E-state index in [9.17, 15) is 20.1 Å². The number of para-hydroxylation sites is 1. The molecule has 1 aliphatic rings. The van der Waals surface area contributed by atoms with E-state index in [4.69, 9.17) is 4.74 Å². The van der Waals surface area contributed by atoms with Gasteiger partial charge in [-0.25, -0.2) is 4.79 Å². The molecule has 188 valence electrons. The fourth-order valence-electron chi connectivity index (χ4n) is 4.80. The number of benzene rings is 3. The van der Waals surface area contributed by atoms with Crippen LogP contribution in [-0.4, -0.2) is 26.9 Å². The van der Waals surface area contributed by atoms with Crippen molar-refractivity contribution in [1.29, 1.82) is 0 Å². The molecule has 3 N–H and O–H groups in total. The van der Waals surface area contributed by atoms with Gasteiger partial charge < -0.3 is 25.0 Å². The maximum Gasteiger partial charge on any atom is 0.359 e. The normalized spacial score (nSPS) is 17.9. The summed E-state index contributed by atoms with van der Waals surface area (Å²) in [6.45, 7) is 3.78. The Labute approximate surface area is 212 Å². The molecule has 0 saturated heterocycles. The summed E-state index contributed by atoms with van der Waals surface area (Å²) < 4.78 is 6.18. The van der Waals surface area contributed by atoms with Crippen molar-refractivity contribution in [3.8, 4) is 0 Å². The number of nitrogens with zero attached hydrogens (tertiary/aromatic N) is 1. The zero-order chi connectivity index (χ0) is 25.7. The standard InChI is InChI=1S/C30H33NO5/c1-21(2)30(16-15-23-10-6-7-11-24(23)20-33)18-27(34)28(29(35)36-30)31(25-12-4-3-5-13-25)26-14-8-9-22(17-26)19-32/h3-14,17,21,32-34H,15-16,18-20H2,1-2H3. The molecule has 6 nitrogen and oxygen atoms in total. The molecule has 0 saturated carbocycles. The molecule has 0 aliphatic carbocycles. The van der Waals surface area contributed by atoms with E-state index in [2.05, 4.69) is 0 Å². The van der Waals surface area contributed by atoms with E-state index in [1.807, 2.05) is 74.5 Å². The Morgan fingerprint density at radius 2 is 1.56 bits per heavy atom. The molecular formula is C30H33NO5. The predicted molar refractivity (Wildman–Crippen MR) is 140 cm³/mol.